The van der Waals surface area contributed by atoms with Crippen LogP contribution in [0.4, 0.5) is 10.6 Å². The molecule has 3 aromatic heterocycles. The zero-order valence-corrected chi connectivity index (χ0v) is 18.4. The molecule has 1 fully saturated rings. The van der Waals surface area contributed by atoms with Gasteiger partial charge in [-0.25, -0.2) is 14.8 Å². The lowest BCUT2D eigenvalue weighted by Gasteiger charge is -2.33. The van der Waals surface area contributed by atoms with E-state index in [4.69, 9.17) is 15.2 Å². The molecule has 0 bridgehead atoms. The first-order valence-corrected chi connectivity index (χ1v) is 10.5. The smallest absolute Gasteiger partial charge is 0.410 e. The Labute approximate surface area is 181 Å². The van der Waals surface area contributed by atoms with Crippen LogP contribution in [0.25, 0.3) is 22.3 Å². The topological polar surface area (TPSA) is 106 Å². The average Bonchev–Trinajstić information content (AvgIpc) is 3.17. The second kappa shape index (κ2) is 8.09. The van der Waals surface area contributed by atoms with E-state index in [9.17, 15) is 4.79 Å². The Hall–Kier alpha value is -3.29. The van der Waals surface area contributed by atoms with E-state index >= 15 is 0 Å². The number of anilines is 1. The average molecular weight is 424 g/mol. The second-order valence-electron chi connectivity index (χ2n) is 8.90. The monoisotopic (exact) mass is 423 g/mol. The molecule has 1 amide bonds. The van der Waals surface area contributed by atoms with E-state index in [0.29, 0.717) is 30.4 Å². The quantitative estimate of drug-likeness (QED) is 0.649. The third-order valence-electron chi connectivity index (χ3n) is 5.42. The summed E-state index contributed by atoms with van der Waals surface area (Å²) in [4.78, 5) is 26.8. The van der Waals surface area contributed by atoms with Crippen molar-refractivity contribution in [1.82, 2.24) is 19.9 Å². The minimum Gasteiger partial charge on any atom is -0.494 e. The molecule has 1 aliphatic rings. The van der Waals surface area contributed by atoms with Crippen molar-refractivity contribution in [3.63, 3.8) is 0 Å². The Morgan fingerprint density at radius 3 is 2.84 bits per heavy atom. The van der Waals surface area contributed by atoms with E-state index in [-0.39, 0.29) is 12.0 Å². The Kier molecular flexibility index (Phi) is 5.47. The largest absolute Gasteiger partial charge is 0.494 e. The van der Waals surface area contributed by atoms with Gasteiger partial charge in [0.2, 0.25) is 0 Å². The number of hydrogen-bond acceptors (Lipinski definition) is 6. The van der Waals surface area contributed by atoms with E-state index in [1.165, 1.54) is 0 Å². The van der Waals surface area contributed by atoms with Gasteiger partial charge in [0, 0.05) is 41.8 Å². The molecule has 8 nitrogen and oxygen atoms in total. The first-order valence-electron chi connectivity index (χ1n) is 10.5. The van der Waals surface area contributed by atoms with E-state index in [1.807, 2.05) is 32.9 Å². The predicted octanol–water partition coefficient (Wildman–Crippen LogP) is 4.33. The number of piperidine rings is 1. The molecule has 1 saturated heterocycles. The van der Waals surface area contributed by atoms with Crippen LogP contribution in [0.2, 0.25) is 0 Å². The lowest BCUT2D eigenvalue weighted by molar-refractivity contribution is 0.0197. The van der Waals surface area contributed by atoms with Crippen molar-refractivity contribution in [2.75, 3.05) is 25.9 Å². The van der Waals surface area contributed by atoms with Gasteiger partial charge in [-0.3, -0.25) is 0 Å². The first-order chi connectivity index (χ1) is 14.7. The summed E-state index contributed by atoms with van der Waals surface area (Å²) in [5.41, 5.74) is 8.83. The zero-order chi connectivity index (χ0) is 22.2. The molecular formula is C23H29N5O3. The Balaban J connectivity index is 1.66. The van der Waals surface area contributed by atoms with Gasteiger partial charge in [-0.2, -0.15) is 0 Å². The number of amides is 1. The van der Waals surface area contributed by atoms with E-state index in [0.717, 1.165) is 35.1 Å². The van der Waals surface area contributed by atoms with Crippen LogP contribution in [0.15, 0.2) is 30.5 Å². The number of likely N-dealkylation sites (tertiary alicyclic amines) is 1. The molecule has 0 aliphatic carbocycles. The van der Waals surface area contributed by atoms with Gasteiger partial charge in [-0.15, -0.1) is 0 Å². The Bertz CT molecular complexity index is 1100. The van der Waals surface area contributed by atoms with Crippen molar-refractivity contribution in [1.29, 1.82) is 0 Å². The minimum absolute atomic E-state index is 0.180. The molecule has 3 N–H and O–H groups in total. The maximum Gasteiger partial charge on any atom is 0.410 e. The van der Waals surface area contributed by atoms with Gasteiger partial charge in [0.25, 0.3) is 0 Å². The number of aromatic nitrogens is 3. The summed E-state index contributed by atoms with van der Waals surface area (Å²) in [5.74, 6) is 1.26. The SMILES string of the molecule is COc1ccc(N)nc1-c1ccnc2[nH]c(C3CCCN(C(=O)OC(C)(C)C)C3)cc12. The van der Waals surface area contributed by atoms with Crippen LogP contribution in [0, 0.1) is 0 Å². The first kappa shape index (κ1) is 21.0. The fraction of sp³-hybridized carbons (Fsp3) is 0.435. The zero-order valence-electron chi connectivity index (χ0n) is 18.4. The number of carbonyl (C=O) groups excluding carboxylic acids is 1. The summed E-state index contributed by atoms with van der Waals surface area (Å²) in [6.45, 7) is 6.97. The highest BCUT2D eigenvalue weighted by Gasteiger charge is 2.29. The van der Waals surface area contributed by atoms with Gasteiger partial charge in [-0.05, 0) is 57.9 Å². The van der Waals surface area contributed by atoms with Crippen LogP contribution in [0.3, 0.4) is 0 Å². The maximum atomic E-state index is 12.6. The van der Waals surface area contributed by atoms with Crippen molar-refractivity contribution >= 4 is 22.9 Å². The number of nitrogens with two attached hydrogens (primary N) is 1. The van der Waals surface area contributed by atoms with Gasteiger partial charge in [0.1, 0.15) is 28.5 Å². The third kappa shape index (κ3) is 4.42. The fourth-order valence-corrected chi connectivity index (χ4v) is 4.02. The van der Waals surface area contributed by atoms with Crippen molar-refractivity contribution in [2.45, 2.75) is 45.1 Å². The summed E-state index contributed by atoms with van der Waals surface area (Å²) in [7, 11) is 1.62. The third-order valence-corrected chi connectivity index (χ3v) is 5.42. The lowest BCUT2D eigenvalue weighted by atomic mass is 9.94. The number of fused-ring (bicyclic) bond motifs is 1. The van der Waals surface area contributed by atoms with Crippen LogP contribution in [-0.4, -0.2) is 51.7 Å². The number of nitrogen functional groups attached to an aromatic ring is 1. The molecule has 4 heterocycles. The Morgan fingerprint density at radius 1 is 1.29 bits per heavy atom. The molecule has 164 valence electrons. The molecule has 3 aromatic rings. The van der Waals surface area contributed by atoms with Crippen LogP contribution in [0.1, 0.15) is 45.2 Å². The van der Waals surface area contributed by atoms with Crippen LogP contribution < -0.4 is 10.5 Å². The normalized spacial score (nSPS) is 17.0. The molecule has 8 heteroatoms. The number of rotatable bonds is 3. The number of nitrogens with zero attached hydrogens (tertiary/aromatic N) is 3. The number of hydrogen-bond donors (Lipinski definition) is 2. The minimum atomic E-state index is -0.506. The standard InChI is InChI=1S/C23H29N5O3/c1-23(2,3)31-22(29)28-11-5-6-14(13-28)17-12-16-15(9-10-25-21(16)26-17)20-18(30-4)7-8-19(24)27-20/h7-10,12,14H,5-6,11,13H2,1-4H3,(H2,24,27)(H,25,26). The number of pyridine rings is 2. The number of carbonyl (C=O) groups is 1. The van der Waals surface area contributed by atoms with E-state index in [1.54, 1.807) is 24.3 Å². The summed E-state index contributed by atoms with van der Waals surface area (Å²) in [6.07, 6.45) is 3.39. The molecule has 1 unspecified atom stereocenters. The second-order valence-corrected chi connectivity index (χ2v) is 8.90. The van der Waals surface area contributed by atoms with Crippen molar-refractivity contribution < 1.29 is 14.3 Å². The van der Waals surface area contributed by atoms with E-state index in [2.05, 4.69) is 21.0 Å². The number of nitrogens with one attached hydrogen (secondary N) is 1. The maximum absolute atomic E-state index is 12.6. The molecule has 0 aromatic carbocycles. The van der Waals surface area contributed by atoms with Gasteiger partial charge in [0.05, 0.1) is 7.11 Å². The Morgan fingerprint density at radius 2 is 2.10 bits per heavy atom. The van der Waals surface area contributed by atoms with Crippen molar-refractivity contribution in [3.8, 4) is 17.0 Å². The van der Waals surface area contributed by atoms with Crippen LogP contribution in [0.5, 0.6) is 5.75 Å². The fourth-order valence-electron chi connectivity index (χ4n) is 4.02. The van der Waals surface area contributed by atoms with Crippen molar-refractivity contribution in [2.24, 2.45) is 0 Å². The molecule has 1 aliphatic heterocycles. The summed E-state index contributed by atoms with van der Waals surface area (Å²) in [6, 6.07) is 7.55. The van der Waals surface area contributed by atoms with Crippen molar-refractivity contribution in [3.05, 3.63) is 36.2 Å². The van der Waals surface area contributed by atoms with Crippen LogP contribution in [-0.2, 0) is 4.74 Å². The summed E-state index contributed by atoms with van der Waals surface area (Å²) < 4.78 is 11.1. The van der Waals surface area contributed by atoms with Gasteiger partial charge >= 0.3 is 6.09 Å². The predicted molar refractivity (Wildman–Crippen MR) is 120 cm³/mol. The highest BCUT2D eigenvalue weighted by atomic mass is 16.6. The summed E-state index contributed by atoms with van der Waals surface area (Å²) >= 11 is 0. The van der Waals surface area contributed by atoms with E-state index < -0.39 is 5.60 Å². The summed E-state index contributed by atoms with van der Waals surface area (Å²) in [5, 5.41) is 0.947. The van der Waals surface area contributed by atoms with Gasteiger partial charge in [0.15, 0.2) is 0 Å². The number of H-pyrrole nitrogens is 1. The lowest BCUT2D eigenvalue weighted by Crippen LogP contribution is -2.42. The molecule has 0 radical (unpaired) electrons. The molecule has 31 heavy (non-hydrogen) atoms. The van der Waals surface area contributed by atoms with Gasteiger partial charge in [-0.1, -0.05) is 0 Å². The molecule has 4 rings (SSSR count). The number of aromatic amines is 1. The molecule has 1 atom stereocenters. The molecule has 0 saturated carbocycles. The highest BCUT2D eigenvalue weighted by Crippen LogP contribution is 2.36. The van der Waals surface area contributed by atoms with Crippen LogP contribution >= 0.6 is 0 Å². The number of ether oxygens (including phenoxy) is 2. The van der Waals surface area contributed by atoms with Gasteiger partial charge < -0.3 is 25.1 Å². The number of methoxy groups -OCH3 is 1. The molecule has 0 spiro atoms. The highest BCUT2D eigenvalue weighted by molar-refractivity contribution is 5.94. The molecular weight excluding hydrogens is 394 g/mol.